The average Bonchev–Trinajstić information content (AvgIpc) is 2.54. The highest BCUT2D eigenvalue weighted by Gasteiger charge is 2.14. The van der Waals surface area contributed by atoms with Gasteiger partial charge in [-0.05, 0) is 24.6 Å². The van der Waals surface area contributed by atoms with Crippen molar-refractivity contribution in [3.63, 3.8) is 0 Å². The summed E-state index contributed by atoms with van der Waals surface area (Å²) in [5, 5.41) is 11.3. The summed E-state index contributed by atoms with van der Waals surface area (Å²) >= 11 is 5.98. The molecular weight excluding hydrogens is 350 g/mol. The smallest absolute Gasteiger partial charge is 0.240 e. The van der Waals surface area contributed by atoms with Gasteiger partial charge in [-0.15, -0.1) is 5.10 Å². The maximum absolute atomic E-state index is 12.2. The van der Waals surface area contributed by atoms with E-state index in [2.05, 4.69) is 20.2 Å². The van der Waals surface area contributed by atoms with E-state index in [1.54, 1.807) is 12.3 Å². The second-order valence-corrected chi connectivity index (χ2v) is 7.60. The number of anilines is 2. The highest BCUT2D eigenvalue weighted by atomic mass is 35.5. The minimum absolute atomic E-state index is 0.146. The first-order valence-electron chi connectivity index (χ1n) is 7.29. The van der Waals surface area contributed by atoms with Gasteiger partial charge in [-0.2, -0.15) is 5.10 Å². The van der Waals surface area contributed by atoms with Gasteiger partial charge >= 0.3 is 0 Å². The third-order valence-electron chi connectivity index (χ3n) is 3.33. The number of aromatic nitrogens is 2. The number of aryl methyl sites for hydroxylation is 1. The van der Waals surface area contributed by atoms with Gasteiger partial charge in [0, 0.05) is 38.3 Å². The largest absolute Gasteiger partial charge is 0.376 e. The molecule has 2 aromatic rings. The van der Waals surface area contributed by atoms with Crippen molar-refractivity contribution in [2.75, 3.05) is 37.4 Å². The molecule has 0 aliphatic rings. The van der Waals surface area contributed by atoms with Crippen LogP contribution >= 0.6 is 11.6 Å². The lowest BCUT2D eigenvalue weighted by molar-refractivity contribution is 0.583. The number of halogens is 1. The number of hydrogen-bond acceptors (Lipinski definition) is 6. The van der Waals surface area contributed by atoms with Crippen molar-refractivity contribution in [1.82, 2.24) is 14.9 Å². The highest BCUT2D eigenvalue weighted by Crippen LogP contribution is 2.19. The normalized spacial score (nSPS) is 11.3. The van der Waals surface area contributed by atoms with Gasteiger partial charge in [-0.1, -0.05) is 17.7 Å². The third-order valence-corrected chi connectivity index (χ3v) is 5.20. The standard InChI is InChI=1S/C15H20ClN5O2S/c1-11-4-5-13(9-14(11)16)24(22,23)19-7-6-17-15-8-12(21(2)3)10-18-20-15/h4-5,8-10,19H,6-7H2,1-3H3,(H,17,20). The molecule has 0 unspecified atom stereocenters. The topological polar surface area (TPSA) is 87.2 Å². The number of hydrogen-bond donors (Lipinski definition) is 2. The van der Waals surface area contributed by atoms with Crippen LogP contribution in [-0.4, -0.2) is 45.8 Å². The molecular formula is C15H20ClN5O2S. The Labute approximate surface area is 147 Å². The summed E-state index contributed by atoms with van der Waals surface area (Å²) < 4.78 is 27.0. The minimum Gasteiger partial charge on any atom is -0.376 e. The molecule has 0 saturated heterocycles. The van der Waals surface area contributed by atoms with E-state index in [9.17, 15) is 8.42 Å². The van der Waals surface area contributed by atoms with Gasteiger partial charge in [0.2, 0.25) is 10.0 Å². The molecule has 2 rings (SSSR count). The van der Waals surface area contributed by atoms with E-state index in [1.165, 1.54) is 12.1 Å². The van der Waals surface area contributed by atoms with Crippen LogP contribution in [0.2, 0.25) is 5.02 Å². The molecule has 0 spiro atoms. The van der Waals surface area contributed by atoms with Gasteiger partial charge in [0.15, 0.2) is 5.82 Å². The zero-order valence-corrected chi connectivity index (χ0v) is 15.3. The molecule has 0 aliphatic heterocycles. The van der Waals surface area contributed by atoms with E-state index < -0.39 is 10.0 Å². The van der Waals surface area contributed by atoms with E-state index in [1.807, 2.05) is 32.0 Å². The van der Waals surface area contributed by atoms with E-state index in [0.717, 1.165) is 11.3 Å². The Hall–Kier alpha value is -1.90. The molecule has 1 aromatic carbocycles. The molecule has 130 valence electrons. The number of nitrogens with zero attached hydrogens (tertiary/aromatic N) is 3. The molecule has 0 aliphatic carbocycles. The summed E-state index contributed by atoms with van der Waals surface area (Å²) in [6.07, 6.45) is 1.65. The van der Waals surface area contributed by atoms with Crippen LogP contribution in [-0.2, 0) is 10.0 Å². The molecule has 0 atom stereocenters. The van der Waals surface area contributed by atoms with Gasteiger partial charge in [0.1, 0.15) is 0 Å². The molecule has 0 radical (unpaired) electrons. The lowest BCUT2D eigenvalue weighted by Crippen LogP contribution is -2.29. The van der Waals surface area contributed by atoms with Crippen LogP contribution in [0, 0.1) is 6.92 Å². The van der Waals surface area contributed by atoms with Crippen LogP contribution in [0.3, 0.4) is 0 Å². The Kier molecular flexibility index (Phi) is 5.98. The highest BCUT2D eigenvalue weighted by molar-refractivity contribution is 7.89. The van der Waals surface area contributed by atoms with E-state index >= 15 is 0 Å². The minimum atomic E-state index is -3.59. The van der Waals surface area contributed by atoms with Gasteiger partial charge in [-0.25, -0.2) is 13.1 Å². The van der Waals surface area contributed by atoms with Gasteiger partial charge in [0.05, 0.1) is 16.8 Å². The van der Waals surface area contributed by atoms with Crippen LogP contribution in [0.25, 0.3) is 0 Å². The average molecular weight is 370 g/mol. The summed E-state index contributed by atoms with van der Waals surface area (Å²) in [5.74, 6) is 0.582. The first kappa shape index (κ1) is 18.4. The van der Waals surface area contributed by atoms with Gasteiger partial charge < -0.3 is 10.2 Å². The summed E-state index contributed by atoms with van der Waals surface area (Å²) in [4.78, 5) is 2.05. The predicted octanol–water partition coefficient (Wildman–Crippen LogP) is 1.89. The SMILES string of the molecule is Cc1ccc(S(=O)(=O)NCCNc2cc(N(C)C)cnn2)cc1Cl. The number of rotatable bonds is 7. The number of nitrogens with one attached hydrogen (secondary N) is 2. The zero-order chi connectivity index (χ0) is 17.7. The lowest BCUT2D eigenvalue weighted by Gasteiger charge is -2.13. The van der Waals surface area contributed by atoms with Crippen LogP contribution in [0.1, 0.15) is 5.56 Å². The van der Waals surface area contributed by atoms with Crippen molar-refractivity contribution in [1.29, 1.82) is 0 Å². The molecule has 9 heteroatoms. The summed E-state index contributed by atoms with van der Waals surface area (Å²) in [5.41, 5.74) is 1.74. The van der Waals surface area contributed by atoms with Crippen molar-refractivity contribution < 1.29 is 8.42 Å². The molecule has 7 nitrogen and oxygen atoms in total. The summed E-state index contributed by atoms with van der Waals surface area (Å²) in [7, 11) is 0.215. The molecule has 0 amide bonds. The van der Waals surface area contributed by atoms with E-state index in [0.29, 0.717) is 17.4 Å². The second-order valence-electron chi connectivity index (χ2n) is 5.43. The van der Waals surface area contributed by atoms with Crippen molar-refractivity contribution in [3.8, 4) is 0 Å². The fourth-order valence-corrected chi connectivity index (χ4v) is 3.19. The Morgan fingerprint density at radius 1 is 1.21 bits per heavy atom. The first-order chi connectivity index (χ1) is 11.3. The Morgan fingerprint density at radius 2 is 1.96 bits per heavy atom. The van der Waals surface area contributed by atoms with Crippen molar-refractivity contribution >= 4 is 33.1 Å². The second kappa shape index (κ2) is 7.78. The molecule has 2 N–H and O–H groups in total. The first-order valence-corrected chi connectivity index (χ1v) is 9.15. The summed E-state index contributed by atoms with van der Waals surface area (Å²) in [6.45, 7) is 2.41. The number of benzene rings is 1. The van der Waals surface area contributed by atoms with Crippen molar-refractivity contribution in [3.05, 3.63) is 41.0 Å². The predicted molar refractivity (Wildman–Crippen MR) is 96.2 cm³/mol. The van der Waals surface area contributed by atoms with Crippen molar-refractivity contribution in [2.45, 2.75) is 11.8 Å². The van der Waals surface area contributed by atoms with Gasteiger partial charge in [0.25, 0.3) is 0 Å². The molecule has 0 fully saturated rings. The lowest BCUT2D eigenvalue weighted by atomic mass is 10.2. The zero-order valence-electron chi connectivity index (χ0n) is 13.7. The quantitative estimate of drug-likeness (QED) is 0.725. The Bertz CT molecular complexity index is 811. The third kappa shape index (κ3) is 4.80. The molecule has 0 bridgehead atoms. The monoisotopic (exact) mass is 369 g/mol. The Balaban J connectivity index is 1.91. The van der Waals surface area contributed by atoms with Crippen LogP contribution in [0.15, 0.2) is 35.4 Å². The van der Waals surface area contributed by atoms with E-state index in [4.69, 9.17) is 11.6 Å². The Morgan fingerprint density at radius 3 is 2.62 bits per heavy atom. The summed E-state index contributed by atoms with van der Waals surface area (Å²) in [6, 6.07) is 6.49. The van der Waals surface area contributed by atoms with Crippen LogP contribution < -0.4 is 14.9 Å². The number of sulfonamides is 1. The van der Waals surface area contributed by atoms with E-state index in [-0.39, 0.29) is 11.4 Å². The van der Waals surface area contributed by atoms with Gasteiger partial charge in [-0.3, -0.25) is 0 Å². The fourth-order valence-electron chi connectivity index (χ4n) is 1.89. The van der Waals surface area contributed by atoms with Crippen LogP contribution in [0.5, 0.6) is 0 Å². The molecule has 0 saturated carbocycles. The van der Waals surface area contributed by atoms with Crippen molar-refractivity contribution in [2.24, 2.45) is 0 Å². The fraction of sp³-hybridized carbons (Fsp3) is 0.333. The molecule has 1 aromatic heterocycles. The maximum atomic E-state index is 12.2. The molecule has 24 heavy (non-hydrogen) atoms. The molecule has 1 heterocycles. The maximum Gasteiger partial charge on any atom is 0.240 e. The van der Waals surface area contributed by atoms with Crippen LogP contribution in [0.4, 0.5) is 11.5 Å².